The van der Waals surface area contributed by atoms with E-state index in [0.29, 0.717) is 23.6 Å². The van der Waals surface area contributed by atoms with Gasteiger partial charge in [0.1, 0.15) is 0 Å². The molecule has 104 valence electrons. The molecule has 1 atom stereocenters. The van der Waals surface area contributed by atoms with Gasteiger partial charge in [-0.3, -0.25) is 9.59 Å². The van der Waals surface area contributed by atoms with E-state index in [4.69, 9.17) is 4.74 Å². The number of ether oxygens (including phenoxy) is 1. The molecule has 1 aromatic heterocycles. The number of esters is 1. The third-order valence-corrected chi connectivity index (χ3v) is 3.43. The molecule has 1 N–H and O–H groups in total. The summed E-state index contributed by atoms with van der Waals surface area (Å²) in [5, 5.41) is 5.80. The number of hydrazone groups is 1. The lowest BCUT2D eigenvalue weighted by atomic mass is 10.0. The Morgan fingerprint density at radius 3 is 2.74 bits per heavy atom. The maximum absolute atomic E-state index is 11.7. The summed E-state index contributed by atoms with van der Waals surface area (Å²) in [6.07, 6.45) is 0.586. The molecule has 1 rings (SSSR count). The van der Waals surface area contributed by atoms with Gasteiger partial charge in [0, 0.05) is 5.71 Å². The van der Waals surface area contributed by atoms with Crippen molar-refractivity contribution < 1.29 is 14.3 Å². The molecule has 0 unspecified atom stereocenters. The van der Waals surface area contributed by atoms with Crippen molar-refractivity contribution in [1.82, 2.24) is 5.43 Å². The van der Waals surface area contributed by atoms with Crippen molar-refractivity contribution in [3.05, 3.63) is 22.4 Å². The number of hydrogen-bond donors (Lipinski definition) is 1. The molecule has 19 heavy (non-hydrogen) atoms. The minimum absolute atomic E-state index is 0.270. The van der Waals surface area contributed by atoms with Gasteiger partial charge in [-0.2, -0.15) is 5.10 Å². The molecule has 0 aliphatic heterocycles. The molecule has 0 saturated heterocycles. The molecular weight excluding hydrogens is 264 g/mol. The summed E-state index contributed by atoms with van der Waals surface area (Å²) in [7, 11) is 0. The Kier molecular flexibility index (Phi) is 6.21. The molecule has 0 spiro atoms. The van der Waals surface area contributed by atoms with Crippen molar-refractivity contribution in [2.24, 2.45) is 11.0 Å². The Balaban J connectivity index is 2.64. The number of nitrogens with zero attached hydrogens (tertiary/aromatic N) is 1. The van der Waals surface area contributed by atoms with E-state index < -0.39 is 5.92 Å². The highest BCUT2D eigenvalue weighted by Crippen LogP contribution is 2.10. The second kappa shape index (κ2) is 7.68. The van der Waals surface area contributed by atoms with Gasteiger partial charge in [-0.15, -0.1) is 11.3 Å². The molecule has 0 aliphatic carbocycles. The first-order valence-corrected chi connectivity index (χ1v) is 7.02. The molecule has 0 bridgehead atoms. The second-order valence-electron chi connectivity index (χ2n) is 3.88. The van der Waals surface area contributed by atoms with Crippen LogP contribution < -0.4 is 5.43 Å². The van der Waals surface area contributed by atoms with Gasteiger partial charge in [0.25, 0.3) is 5.91 Å². The third kappa shape index (κ3) is 4.48. The average Bonchev–Trinajstić information content (AvgIpc) is 2.91. The predicted molar refractivity (Wildman–Crippen MR) is 75.3 cm³/mol. The van der Waals surface area contributed by atoms with Crippen LogP contribution in [0.4, 0.5) is 0 Å². The third-order valence-electron chi connectivity index (χ3n) is 2.56. The Labute approximate surface area is 116 Å². The van der Waals surface area contributed by atoms with E-state index in [1.165, 1.54) is 11.3 Å². The van der Waals surface area contributed by atoms with Gasteiger partial charge in [-0.1, -0.05) is 13.0 Å². The Bertz CT molecular complexity index is 454. The van der Waals surface area contributed by atoms with Gasteiger partial charge in [-0.05, 0) is 31.7 Å². The van der Waals surface area contributed by atoms with Crippen LogP contribution in [-0.2, 0) is 9.53 Å². The van der Waals surface area contributed by atoms with E-state index in [-0.39, 0.29) is 11.9 Å². The molecule has 0 aromatic carbocycles. The van der Waals surface area contributed by atoms with E-state index in [1.54, 1.807) is 26.0 Å². The number of rotatable bonds is 6. The number of thiophene rings is 1. The van der Waals surface area contributed by atoms with Crippen LogP contribution in [0.25, 0.3) is 0 Å². The van der Waals surface area contributed by atoms with Crippen LogP contribution in [-0.4, -0.2) is 24.2 Å². The van der Waals surface area contributed by atoms with E-state index in [9.17, 15) is 9.59 Å². The molecular formula is C13H18N2O3S. The average molecular weight is 282 g/mol. The first-order chi connectivity index (χ1) is 9.10. The lowest BCUT2D eigenvalue weighted by molar-refractivity contribution is -0.145. The Hall–Kier alpha value is -1.69. The van der Waals surface area contributed by atoms with Crippen LogP contribution in [0.2, 0.25) is 0 Å². The van der Waals surface area contributed by atoms with Gasteiger partial charge in [0.05, 0.1) is 17.4 Å². The highest BCUT2D eigenvalue weighted by molar-refractivity contribution is 7.12. The molecule has 0 radical (unpaired) electrons. The zero-order chi connectivity index (χ0) is 14.3. The summed E-state index contributed by atoms with van der Waals surface area (Å²) in [5.74, 6) is -0.992. The molecule has 1 aromatic rings. The van der Waals surface area contributed by atoms with E-state index in [1.807, 2.05) is 12.3 Å². The van der Waals surface area contributed by atoms with Gasteiger partial charge in [0.15, 0.2) is 0 Å². The molecule has 1 amide bonds. The summed E-state index contributed by atoms with van der Waals surface area (Å²) in [6, 6.07) is 3.51. The van der Waals surface area contributed by atoms with Crippen molar-refractivity contribution in [3.63, 3.8) is 0 Å². The quantitative estimate of drug-likeness (QED) is 0.495. The number of amides is 1. The summed E-state index contributed by atoms with van der Waals surface area (Å²) >= 11 is 1.34. The molecule has 1 heterocycles. The van der Waals surface area contributed by atoms with Gasteiger partial charge in [0.2, 0.25) is 0 Å². The fourth-order valence-corrected chi connectivity index (χ4v) is 2.17. The van der Waals surface area contributed by atoms with Crippen LogP contribution in [0.5, 0.6) is 0 Å². The maximum Gasteiger partial charge on any atom is 0.314 e. The summed E-state index contributed by atoms with van der Waals surface area (Å²) < 4.78 is 4.96. The highest BCUT2D eigenvalue weighted by Gasteiger charge is 2.21. The predicted octanol–water partition coefficient (Wildman–Crippen LogP) is 2.44. The summed E-state index contributed by atoms with van der Waals surface area (Å²) in [5.41, 5.74) is 3.00. The zero-order valence-corrected chi connectivity index (χ0v) is 12.1. The maximum atomic E-state index is 11.7. The number of nitrogens with one attached hydrogen (secondary N) is 1. The zero-order valence-electron chi connectivity index (χ0n) is 11.3. The first-order valence-electron chi connectivity index (χ1n) is 6.14. The topological polar surface area (TPSA) is 67.8 Å². The molecule has 5 nitrogen and oxygen atoms in total. The monoisotopic (exact) mass is 282 g/mol. The smallest absolute Gasteiger partial charge is 0.314 e. The standard InChI is InChI=1S/C13H18N2O3S/c1-4-10(13(17)18-5-2)9(3)14-15-12(16)11-7-6-8-19-11/h6-8,10H,4-5H2,1-3H3,(H,15,16)/t10-/m0/s1. The lowest BCUT2D eigenvalue weighted by Gasteiger charge is -2.12. The van der Waals surface area contributed by atoms with Crippen LogP contribution in [0, 0.1) is 5.92 Å². The first kappa shape index (κ1) is 15.4. The van der Waals surface area contributed by atoms with Crippen LogP contribution in [0.1, 0.15) is 36.9 Å². The minimum atomic E-state index is -0.413. The summed E-state index contributed by atoms with van der Waals surface area (Å²) in [6.45, 7) is 5.68. The van der Waals surface area contributed by atoms with E-state index in [0.717, 1.165) is 0 Å². The van der Waals surface area contributed by atoms with Gasteiger partial charge in [-0.25, -0.2) is 5.43 Å². The molecule has 0 aliphatic rings. The van der Waals surface area contributed by atoms with Crippen molar-refractivity contribution in [3.8, 4) is 0 Å². The lowest BCUT2D eigenvalue weighted by Crippen LogP contribution is -2.27. The fourth-order valence-electron chi connectivity index (χ4n) is 1.56. The van der Waals surface area contributed by atoms with E-state index >= 15 is 0 Å². The van der Waals surface area contributed by atoms with E-state index in [2.05, 4.69) is 10.5 Å². The number of carbonyl (C=O) groups is 2. The van der Waals surface area contributed by atoms with Crippen LogP contribution >= 0.6 is 11.3 Å². The molecule has 6 heteroatoms. The second-order valence-corrected chi connectivity index (χ2v) is 4.83. The van der Waals surface area contributed by atoms with Crippen molar-refractivity contribution in [2.75, 3.05) is 6.61 Å². The minimum Gasteiger partial charge on any atom is -0.465 e. The van der Waals surface area contributed by atoms with Crippen molar-refractivity contribution in [2.45, 2.75) is 27.2 Å². The largest absolute Gasteiger partial charge is 0.465 e. The SMILES string of the molecule is CCOC(=O)[C@@H](CC)C(C)=NNC(=O)c1cccs1. The van der Waals surface area contributed by atoms with Gasteiger partial charge >= 0.3 is 5.97 Å². The Morgan fingerprint density at radius 1 is 1.47 bits per heavy atom. The fraction of sp³-hybridized carbons (Fsp3) is 0.462. The van der Waals surface area contributed by atoms with Crippen LogP contribution in [0.3, 0.4) is 0 Å². The molecule has 0 fully saturated rings. The van der Waals surface area contributed by atoms with Crippen molar-refractivity contribution >= 4 is 28.9 Å². The number of hydrogen-bond acceptors (Lipinski definition) is 5. The molecule has 0 saturated carbocycles. The number of carbonyl (C=O) groups excluding carboxylic acids is 2. The summed E-state index contributed by atoms with van der Waals surface area (Å²) in [4.78, 5) is 24.0. The normalized spacial score (nSPS) is 12.9. The van der Waals surface area contributed by atoms with Crippen molar-refractivity contribution in [1.29, 1.82) is 0 Å². The Morgan fingerprint density at radius 2 is 2.21 bits per heavy atom. The van der Waals surface area contributed by atoms with Gasteiger partial charge < -0.3 is 4.74 Å². The highest BCUT2D eigenvalue weighted by atomic mass is 32.1. The van der Waals surface area contributed by atoms with Crippen LogP contribution in [0.15, 0.2) is 22.6 Å².